The molecule has 0 unspecified atom stereocenters. The zero-order valence-electron chi connectivity index (χ0n) is 10.4. The number of rotatable bonds is 6. The summed E-state index contributed by atoms with van der Waals surface area (Å²) in [5, 5.41) is 3.17. The van der Waals surface area contributed by atoms with Gasteiger partial charge in [0.1, 0.15) is 5.75 Å². The molecule has 0 saturated carbocycles. The molecule has 1 rings (SSSR count). The molecule has 6 heteroatoms. The van der Waals surface area contributed by atoms with Crippen molar-refractivity contribution in [2.45, 2.75) is 12.5 Å². The number of ether oxygens (including phenoxy) is 1. The van der Waals surface area contributed by atoms with E-state index in [0.717, 1.165) is 5.75 Å². The van der Waals surface area contributed by atoms with Gasteiger partial charge in [0.2, 0.25) is 5.91 Å². The van der Waals surface area contributed by atoms with Gasteiger partial charge in [0.05, 0.1) is 23.9 Å². The molecular formula is C12H17ClN2O2S. The second-order valence-corrected chi connectivity index (χ2v) is 5.12. The van der Waals surface area contributed by atoms with Crippen molar-refractivity contribution < 1.29 is 9.53 Å². The van der Waals surface area contributed by atoms with Crippen molar-refractivity contribution in [3.63, 3.8) is 0 Å². The summed E-state index contributed by atoms with van der Waals surface area (Å²) in [5.74, 6) is 1.24. The fourth-order valence-corrected chi connectivity index (χ4v) is 1.98. The molecule has 0 heterocycles. The Morgan fingerprint density at radius 1 is 1.61 bits per heavy atom. The summed E-state index contributed by atoms with van der Waals surface area (Å²) < 4.78 is 5.07. The lowest BCUT2D eigenvalue weighted by Gasteiger charge is -2.13. The zero-order valence-corrected chi connectivity index (χ0v) is 12.0. The van der Waals surface area contributed by atoms with Gasteiger partial charge in [0, 0.05) is 6.07 Å². The molecule has 100 valence electrons. The first kappa shape index (κ1) is 15.1. The Hall–Kier alpha value is -0.910. The fraction of sp³-hybridized carbons (Fsp3) is 0.417. The van der Waals surface area contributed by atoms with Crippen LogP contribution in [0.15, 0.2) is 18.2 Å². The highest BCUT2D eigenvalue weighted by molar-refractivity contribution is 7.98. The van der Waals surface area contributed by atoms with Gasteiger partial charge in [-0.05, 0) is 30.6 Å². The number of hydrogen-bond donors (Lipinski definition) is 2. The average molecular weight is 289 g/mol. The first-order chi connectivity index (χ1) is 8.58. The Morgan fingerprint density at radius 3 is 2.94 bits per heavy atom. The first-order valence-corrected chi connectivity index (χ1v) is 7.24. The molecule has 4 nitrogen and oxygen atoms in total. The van der Waals surface area contributed by atoms with E-state index in [1.165, 1.54) is 0 Å². The van der Waals surface area contributed by atoms with Gasteiger partial charge in [-0.1, -0.05) is 11.6 Å². The minimum absolute atomic E-state index is 0.237. The second-order valence-electron chi connectivity index (χ2n) is 3.72. The Labute approximate surface area is 116 Å². The van der Waals surface area contributed by atoms with Gasteiger partial charge >= 0.3 is 0 Å². The molecule has 0 aliphatic heterocycles. The van der Waals surface area contributed by atoms with Crippen molar-refractivity contribution in [2.75, 3.05) is 24.4 Å². The molecule has 1 aromatic rings. The number of anilines is 1. The number of thioether (sulfide) groups is 1. The van der Waals surface area contributed by atoms with Gasteiger partial charge < -0.3 is 15.8 Å². The van der Waals surface area contributed by atoms with Crippen LogP contribution in [0.5, 0.6) is 5.75 Å². The largest absolute Gasteiger partial charge is 0.497 e. The summed E-state index contributed by atoms with van der Waals surface area (Å²) in [5.41, 5.74) is 6.29. The number of halogens is 1. The molecule has 18 heavy (non-hydrogen) atoms. The van der Waals surface area contributed by atoms with Crippen molar-refractivity contribution in [3.05, 3.63) is 23.2 Å². The molecule has 1 atom stereocenters. The van der Waals surface area contributed by atoms with E-state index in [-0.39, 0.29) is 5.91 Å². The standard InChI is InChI=1S/C12H17ClN2O2S/c1-17-8-3-4-9(13)11(7-8)15-12(16)10(14)5-6-18-2/h3-4,7,10H,5-6,14H2,1-2H3,(H,15,16)/t10-/m0/s1. The molecule has 1 amide bonds. The zero-order chi connectivity index (χ0) is 13.5. The summed E-state index contributed by atoms with van der Waals surface area (Å²) in [6.07, 6.45) is 2.61. The van der Waals surface area contributed by atoms with Crippen LogP contribution in [0.25, 0.3) is 0 Å². The summed E-state index contributed by atoms with van der Waals surface area (Å²) in [7, 11) is 1.55. The number of nitrogens with one attached hydrogen (secondary N) is 1. The van der Waals surface area contributed by atoms with Crippen molar-refractivity contribution in [1.29, 1.82) is 0 Å². The maximum absolute atomic E-state index is 11.8. The van der Waals surface area contributed by atoms with Crippen molar-refractivity contribution >= 4 is 35.0 Å². The van der Waals surface area contributed by atoms with Gasteiger partial charge in [0.25, 0.3) is 0 Å². The lowest BCUT2D eigenvalue weighted by atomic mass is 10.2. The lowest BCUT2D eigenvalue weighted by Crippen LogP contribution is -2.36. The molecule has 0 aliphatic carbocycles. The Bertz CT molecular complexity index is 415. The van der Waals surface area contributed by atoms with Gasteiger partial charge in [-0.25, -0.2) is 0 Å². The van der Waals surface area contributed by atoms with Gasteiger partial charge in [0.15, 0.2) is 0 Å². The van der Waals surface area contributed by atoms with Crippen LogP contribution >= 0.6 is 23.4 Å². The third-order valence-corrected chi connectivity index (χ3v) is 3.37. The summed E-state index contributed by atoms with van der Waals surface area (Å²) in [6, 6.07) is 4.54. The molecule has 3 N–H and O–H groups in total. The molecule has 0 bridgehead atoms. The van der Waals surface area contributed by atoms with Crippen molar-refractivity contribution in [1.82, 2.24) is 0 Å². The lowest BCUT2D eigenvalue weighted by molar-refractivity contribution is -0.117. The smallest absolute Gasteiger partial charge is 0.241 e. The third-order valence-electron chi connectivity index (χ3n) is 2.40. The van der Waals surface area contributed by atoms with Crippen LogP contribution in [0.4, 0.5) is 5.69 Å². The quantitative estimate of drug-likeness (QED) is 0.843. The third kappa shape index (κ3) is 4.40. The second kappa shape index (κ2) is 7.51. The Balaban J connectivity index is 2.68. The summed E-state index contributed by atoms with van der Waals surface area (Å²) >= 11 is 7.65. The van der Waals surface area contributed by atoms with Crippen molar-refractivity contribution in [2.24, 2.45) is 5.73 Å². The first-order valence-electron chi connectivity index (χ1n) is 5.47. The maximum Gasteiger partial charge on any atom is 0.241 e. The molecule has 0 spiro atoms. The van der Waals surface area contributed by atoms with Gasteiger partial charge in [-0.3, -0.25) is 4.79 Å². The molecule has 0 aliphatic rings. The average Bonchev–Trinajstić information content (AvgIpc) is 2.38. The molecular weight excluding hydrogens is 272 g/mol. The number of nitrogens with two attached hydrogens (primary N) is 1. The van der Waals surface area contributed by atoms with E-state index in [1.807, 2.05) is 6.26 Å². The maximum atomic E-state index is 11.8. The Kier molecular flexibility index (Phi) is 6.32. The molecule has 0 aromatic heterocycles. The minimum atomic E-state index is -0.528. The highest BCUT2D eigenvalue weighted by Gasteiger charge is 2.14. The molecule has 0 radical (unpaired) electrons. The number of carbonyl (C=O) groups excluding carboxylic acids is 1. The molecule has 0 saturated heterocycles. The van der Waals surface area contributed by atoms with E-state index >= 15 is 0 Å². The van der Waals surface area contributed by atoms with Crippen molar-refractivity contribution in [3.8, 4) is 5.75 Å². The summed E-state index contributed by atoms with van der Waals surface area (Å²) in [4.78, 5) is 11.8. The SMILES string of the molecule is COc1ccc(Cl)c(NC(=O)[C@@H](N)CCSC)c1. The van der Waals surface area contributed by atoms with Crippen LogP contribution in [0.1, 0.15) is 6.42 Å². The van der Waals surface area contributed by atoms with Crippen LogP contribution < -0.4 is 15.8 Å². The van der Waals surface area contributed by atoms with Crippen LogP contribution in [0.2, 0.25) is 5.02 Å². The molecule has 0 fully saturated rings. The van der Waals surface area contributed by atoms with Gasteiger partial charge in [-0.2, -0.15) is 11.8 Å². The topological polar surface area (TPSA) is 64.3 Å². The van der Waals surface area contributed by atoms with E-state index in [9.17, 15) is 4.79 Å². The van der Waals surface area contributed by atoms with E-state index in [4.69, 9.17) is 22.1 Å². The van der Waals surface area contributed by atoms with Crippen LogP contribution in [0, 0.1) is 0 Å². The van der Waals surface area contributed by atoms with E-state index in [1.54, 1.807) is 37.1 Å². The number of carbonyl (C=O) groups is 1. The Morgan fingerprint density at radius 2 is 2.33 bits per heavy atom. The number of hydrogen-bond acceptors (Lipinski definition) is 4. The van der Waals surface area contributed by atoms with E-state index in [2.05, 4.69) is 5.32 Å². The number of amides is 1. The monoisotopic (exact) mass is 288 g/mol. The highest BCUT2D eigenvalue weighted by Crippen LogP contribution is 2.26. The predicted molar refractivity (Wildman–Crippen MR) is 77.6 cm³/mol. The summed E-state index contributed by atoms with van der Waals surface area (Å²) in [6.45, 7) is 0. The normalized spacial score (nSPS) is 12.0. The predicted octanol–water partition coefficient (Wildman–Crippen LogP) is 2.37. The number of benzene rings is 1. The van der Waals surface area contributed by atoms with Crippen LogP contribution in [-0.2, 0) is 4.79 Å². The fourth-order valence-electron chi connectivity index (χ4n) is 1.33. The van der Waals surface area contributed by atoms with Crippen LogP contribution in [-0.4, -0.2) is 31.1 Å². The van der Waals surface area contributed by atoms with Gasteiger partial charge in [-0.15, -0.1) is 0 Å². The highest BCUT2D eigenvalue weighted by atomic mass is 35.5. The number of methoxy groups -OCH3 is 1. The van der Waals surface area contributed by atoms with Crippen LogP contribution in [0.3, 0.4) is 0 Å². The van der Waals surface area contributed by atoms with E-state index in [0.29, 0.717) is 22.9 Å². The van der Waals surface area contributed by atoms with E-state index < -0.39 is 6.04 Å². The molecule has 1 aromatic carbocycles. The minimum Gasteiger partial charge on any atom is -0.497 e.